The van der Waals surface area contributed by atoms with Gasteiger partial charge in [0.2, 0.25) is 0 Å². The number of fused-ring (bicyclic) bond motifs is 1. The lowest BCUT2D eigenvalue weighted by atomic mass is 10.1. The molecule has 4 rings (SSSR count). The molecule has 3 aromatic rings. The molecule has 3 heterocycles. The van der Waals surface area contributed by atoms with Crippen LogP contribution in [0.3, 0.4) is 0 Å². The van der Waals surface area contributed by atoms with Crippen LogP contribution in [0.2, 0.25) is 0 Å². The quantitative estimate of drug-likeness (QED) is 0.475. The maximum atomic E-state index is 4.76. The van der Waals surface area contributed by atoms with E-state index in [0.29, 0.717) is 12.6 Å². The van der Waals surface area contributed by atoms with E-state index in [9.17, 15) is 0 Å². The van der Waals surface area contributed by atoms with Crippen molar-refractivity contribution in [1.29, 1.82) is 0 Å². The molecule has 1 aliphatic rings. The SMILES string of the molecule is CCNC(=NCc1cn2ccsc2n1)NCC(c1ccccc1)N1CCCC1. The monoisotopic (exact) mass is 396 g/mol. The van der Waals surface area contributed by atoms with Crippen molar-refractivity contribution in [2.45, 2.75) is 32.4 Å². The molecule has 0 spiro atoms. The second-order valence-electron chi connectivity index (χ2n) is 7.07. The van der Waals surface area contributed by atoms with Crippen molar-refractivity contribution in [3.05, 3.63) is 59.4 Å². The summed E-state index contributed by atoms with van der Waals surface area (Å²) in [5, 5.41) is 8.97. The Hall–Kier alpha value is -2.38. The van der Waals surface area contributed by atoms with E-state index in [2.05, 4.69) is 68.4 Å². The van der Waals surface area contributed by atoms with Crippen molar-refractivity contribution in [1.82, 2.24) is 24.9 Å². The molecule has 0 bridgehead atoms. The third-order valence-corrected chi connectivity index (χ3v) is 5.89. The van der Waals surface area contributed by atoms with Gasteiger partial charge < -0.3 is 10.6 Å². The molecule has 2 N–H and O–H groups in total. The lowest BCUT2D eigenvalue weighted by Crippen LogP contribution is -2.42. The molecule has 148 valence electrons. The average molecular weight is 397 g/mol. The van der Waals surface area contributed by atoms with E-state index in [1.807, 2.05) is 11.6 Å². The number of aliphatic imine (C=N–C) groups is 1. The number of benzene rings is 1. The van der Waals surface area contributed by atoms with Gasteiger partial charge in [-0.25, -0.2) is 9.98 Å². The number of likely N-dealkylation sites (tertiary alicyclic amines) is 1. The number of hydrogen-bond acceptors (Lipinski definition) is 4. The Balaban J connectivity index is 1.44. The summed E-state index contributed by atoms with van der Waals surface area (Å²) < 4.78 is 2.05. The summed E-state index contributed by atoms with van der Waals surface area (Å²) in [7, 11) is 0. The molecule has 2 aromatic heterocycles. The second kappa shape index (κ2) is 9.21. The number of thiazole rings is 1. The molecule has 1 aromatic carbocycles. The van der Waals surface area contributed by atoms with Crippen LogP contribution in [0.1, 0.15) is 37.1 Å². The Morgan fingerprint density at radius 2 is 2.04 bits per heavy atom. The molecule has 1 unspecified atom stereocenters. The number of rotatable bonds is 7. The number of nitrogens with zero attached hydrogens (tertiary/aromatic N) is 4. The van der Waals surface area contributed by atoms with Crippen LogP contribution < -0.4 is 10.6 Å². The molecule has 1 aliphatic heterocycles. The van der Waals surface area contributed by atoms with Gasteiger partial charge in [0.1, 0.15) is 0 Å². The van der Waals surface area contributed by atoms with E-state index in [1.54, 1.807) is 11.3 Å². The fraction of sp³-hybridized carbons (Fsp3) is 0.429. The molecule has 0 aliphatic carbocycles. The predicted octanol–water partition coefficient (Wildman–Crippen LogP) is 3.29. The van der Waals surface area contributed by atoms with Crippen LogP contribution in [0.15, 0.2) is 53.1 Å². The van der Waals surface area contributed by atoms with Crippen LogP contribution in [-0.4, -0.2) is 46.4 Å². The van der Waals surface area contributed by atoms with Crippen molar-refractivity contribution >= 4 is 22.3 Å². The molecular formula is C21H28N6S. The minimum Gasteiger partial charge on any atom is -0.357 e. The van der Waals surface area contributed by atoms with Gasteiger partial charge in [-0.1, -0.05) is 30.3 Å². The summed E-state index contributed by atoms with van der Waals surface area (Å²) in [5.41, 5.74) is 2.35. The van der Waals surface area contributed by atoms with E-state index in [0.717, 1.165) is 29.7 Å². The third-order valence-electron chi connectivity index (χ3n) is 5.12. The number of nitrogens with one attached hydrogen (secondary N) is 2. The van der Waals surface area contributed by atoms with E-state index in [1.165, 1.54) is 31.5 Å². The van der Waals surface area contributed by atoms with Crippen molar-refractivity contribution in [2.75, 3.05) is 26.2 Å². The van der Waals surface area contributed by atoms with Crippen LogP contribution in [0.4, 0.5) is 0 Å². The zero-order valence-electron chi connectivity index (χ0n) is 16.3. The number of guanidine groups is 1. The number of aromatic nitrogens is 2. The molecular weight excluding hydrogens is 368 g/mol. The number of imidazole rings is 1. The van der Waals surface area contributed by atoms with Gasteiger partial charge in [-0.15, -0.1) is 11.3 Å². The normalized spacial score (nSPS) is 16.5. The van der Waals surface area contributed by atoms with Crippen LogP contribution in [-0.2, 0) is 6.54 Å². The van der Waals surface area contributed by atoms with Gasteiger partial charge in [0.05, 0.1) is 18.3 Å². The van der Waals surface area contributed by atoms with E-state index >= 15 is 0 Å². The average Bonchev–Trinajstić information content (AvgIpc) is 3.45. The van der Waals surface area contributed by atoms with Gasteiger partial charge in [0.25, 0.3) is 0 Å². The highest BCUT2D eigenvalue weighted by atomic mass is 32.1. The van der Waals surface area contributed by atoms with Crippen molar-refractivity contribution < 1.29 is 0 Å². The summed E-state index contributed by atoms with van der Waals surface area (Å²) in [6.45, 7) is 6.68. The van der Waals surface area contributed by atoms with Gasteiger partial charge in [-0.3, -0.25) is 9.30 Å². The zero-order valence-corrected chi connectivity index (χ0v) is 17.2. The Labute approximate surface area is 170 Å². The van der Waals surface area contributed by atoms with Gasteiger partial charge in [0, 0.05) is 30.9 Å². The van der Waals surface area contributed by atoms with Crippen LogP contribution >= 0.6 is 11.3 Å². The maximum absolute atomic E-state index is 4.76. The Morgan fingerprint density at radius 1 is 1.21 bits per heavy atom. The summed E-state index contributed by atoms with van der Waals surface area (Å²) >= 11 is 1.65. The first kappa shape index (κ1) is 19.0. The molecule has 0 amide bonds. The highest BCUT2D eigenvalue weighted by Gasteiger charge is 2.23. The first-order valence-corrected chi connectivity index (χ1v) is 10.9. The number of hydrogen-bond donors (Lipinski definition) is 2. The van der Waals surface area contributed by atoms with Crippen LogP contribution in [0.25, 0.3) is 4.96 Å². The minimum atomic E-state index is 0.366. The van der Waals surface area contributed by atoms with Crippen molar-refractivity contribution in [2.24, 2.45) is 4.99 Å². The van der Waals surface area contributed by atoms with E-state index in [-0.39, 0.29) is 0 Å². The fourth-order valence-electron chi connectivity index (χ4n) is 3.73. The molecule has 28 heavy (non-hydrogen) atoms. The third kappa shape index (κ3) is 4.54. The lowest BCUT2D eigenvalue weighted by Gasteiger charge is -2.29. The lowest BCUT2D eigenvalue weighted by molar-refractivity contribution is 0.245. The molecule has 1 fully saturated rings. The molecule has 6 nitrogen and oxygen atoms in total. The summed E-state index contributed by atoms with van der Waals surface area (Å²) in [5.74, 6) is 0.846. The standard InChI is InChI=1S/C21H28N6S/c1-2-22-20(23-14-18-16-27-12-13-28-21(27)25-18)24-15-19(26-10-6-7-11-26)17-8-4-3-5-9-17/h3-5,8-9,12-13,16,19H,2,6-7,10-11,14-15H2,1H3,(H2,22,23,24). The Bertz CT molecular complexity index is 865. The molecule has 0 saturated carbocycles. The second-order valence-corrected chi connectivity index (χ2v) is 7.94. The molecule has 1 atom stereocenters. The molecule has 0 radical (unpaired) electrons. The van der Waals surface area contributed by atoms with Gasteiger partial charge in [0.15, 0.2) is 10.9 Å². The maximum Gasteiger partial charge on any atom is 0.193 e. The largest absolute Gasteiger partial charge is 0.357 e. The Morgan fingerprint density at radius 3 is 2.79 bits per heavy atom. The Kier molecular flexibility index (Phi) is 6.24. The predicted molar refractivity (Wildman–Crippen MR) is 116 cm³/mol. The smallest absolute Gasteiger partial charge is 0.193 e. The first-order valence-electron chi connectivity index (χ1n) is 10.1. The highest BCUT2D eigenvalue weighted by Crippen LogP contribution is 2.24. The summed E-state index contributed by atoms with van der Waals surface area (Å²) in [4.78, 5) is 13.0. The first-order chi connectivity index (χ1) is 13.8. The van der Waals surface area contributed by atoms with Gasteiger partial charge in [-0.2, -0.15) is 0 Å². The summed E-state index contributed by atoms with van der Waals surface area (Å²) in [6.07, 6.45) is 6.66. The zero-order chi connectivity index (χ0) is 19.2. The fourth-order valence-corrected chi connectivity index (χ4v) is 4.45. The van der Waals surface area contributed by atoms with Crippen LogP contribution in [0.5, 0.6) is 0 Å². The van der Waals surface area contributed by atoms with Gasteiger partial charge in [-0.05, 0) is 38.4 Å². The highest BCUT2D eigenvalue weighted by molar-refractivity contribution is 7.15. The van der Waals surface area contributed by atoms with Crippen molar-refractivity contribution in [3.63, 3.8) is 0 Å². The van der Waals surface area contributed by atoms with E-state index < -0.39 is 0 Å². The van der Waals surface area contributed by atoms with E-state index in [4.69, 9.17) is 4.99 Å². The topological polar surface area (TPSA) is 57.0 Å². The van der Waals surface area contributed by atoms with Gasteiger partial charge >= 0.3 is 0 Å². The molecule has 1 saturated heterocycles. The van der Waals surface area contributed by atoms with Crippen molar-refractivity contribution in [3.8, 4) is 0 Å². The van der Waals surface area contributed by atoms with Crippen LogP contribution in [0, 0.1) is 0 Å². The molecule has 7 heteroatoms. The summed E-state index contributed by atoms with van der Waals surface area (Å²) in [6, 6.07) is 11.2. The minimum absolute atomic E-state index is 0.366.